The van der Waals surface area contributed by atoms with Gasteiger partial charge in [0.15, 0.2) is 5.92 Å². The summed E-state index contributed by atoms with van der Waals surface area (Å²) >= 11 is 0. The molecule has 0 amide bonds. The van der Waals surface area contributed by atoms with Crippen molar-refractivity contribution in [1.29, 1.82) is 0 Å². The number of allylic oxidation sites excluding steroid dienone is 2. The third-order valence-corrected chi connectivity index (χ3v) is 3.16. The number of ether oxygens (including phenoxy) is 2. The van der Waals surface area contributed by atoms with Crippen LogP contribution in [0.2, 0.25) is 0 Å². The quantitative estimate of drug-likeness (QED) is 0.459. The Balaban J connectivity index is 3.25. The highest BCUT2D eigenvalue weighted by atomic mass is 16.5. The molecule has 0 saturated carbocycles. The summed E-state index contributed by atoms with van der Waals surface area (Å²) in [5.41, 5.74) is 0.871. The van der Waals surface area contributed by atoms with Gasteiger partial charge in [0.25, 0.3) is 0 Å². The van der Waals surface area contributed by atoms with Crippen LogP contribution in [0.5, 0.6) is 0 Å². The SMILES string of the molecule is COC(=O)C(C(=O)OC)[C@H](/C=C/C(C)C)c1ccccc1. The molecule has 114 valence electrons. The van der Waals surface area contributed by atoms with Gasteiger partial charge in [-0.1, -0.05) is 56.3 Å². The van der Waals surface area contributed by atoms with E-state index >= 15 is 0 Å². The van der Waals surface area contributed by atoms with Crippen LogP contribution >= 0.6 is 0 Å². The summed E-state index contributed by atoms with van der Waals surface area (Å²) in [6.07, 6.45) is 3.84. The average molecular weight is 290 g/mol. The summed E-state index contributed by atoms with van der Waals surface area (Å²) < 4.78 is 9.54. The van der Waals surface area contributed by atoms with Gasteiger partial charge in [-0.25, -0.2) is 0 Å². The summed E-state index contributed by atoms with van der Waals surface area (Å²) in [5.74, 6) is -2.29. The van der Waals surface area contributed by atoms with Gasteiger partial charge in [-0.15, -0.1) is 0 Å². The fraction of sp³-hybridized carbons (Fsp3) is 0.412. The maximum Gasteiger partial charge on any atom is 0.321 e. The van der Waals surface area contributed by atoms with E-state index in [1.54, 1.807) is 0 Å². The summed E-state index contributed by atoms with van der Waals surface area (Å²) in [5, 5.41) is 0. The number of esters is 2. The highest BCUT2D eigenvalue weighted by molar-refractivity contribution is 5.96. The number of rotatable bonds is 6. The Hall–Kier alpha value is -2.10. The highest BCUT2D eigenvalue weighted by Gasteiger charge is 2.36. The lowest BCUT2D eigenvalue weighted by Crippen LogP contribution is -2.31. The molecule has 0 fully saturated rings. The van der Waals surface area contributed by atoms with Crippen molar-refractivity contribution in [3.63, 3.8) is 0 Å². The predicted molar refractivity (Wildman–Crippen MR) is 80.7 cm³/mol. The van der Waals surface area contributed by atoms with Crippen molar-refractivity contribution < 1.29 is 19.1 Å². The minimum atomic E-state index is -1.00. The molecule has 4 nitrogen and oxygen atoms in total. The Morgan fingerprint density at radius 3 is 1.90 bits per heavy atom. The second kappa shape index (κ2) is 8.25. The van der Waals surface area contributed by atoms with E-state index < -0.39 is 23.8 Å². The van der Waals surface area contributed by atoms with Crippen LogP contribution in [0.4, 0.5) is 0 Å². The highest BCUT2D eigenvalue weighted by Crippen LogP contribution is 2.29. The molecule has 1 atom stereocenters. The molecule has 21 heavy (non-hydrogen) atoms. The molecule has 1 aromatic carbocycles. The van der Waals surface area contributed by atoms with E-state index in [2.05, 4.69) is 0 Å². The smallest absolute Gasteiger partial charge is 0.321 e. The van der Waals surface area contributed by atoms with Crippen molar-refractivity contribution in [2.45, 2.75) is 19.8 Å². The van der Waals surface area contributed by atoms with Crippen molar-refractivity contribution in [1.82, 2.24) is 0 Å². The van der Waals surface area contributed by atoms with Gasteiger partial charge in [0.05, 0.1) is 14.2 Å². The van der Waals surface area contributed by atoms with Crippen LogP contribution < -0.4 is 0 Å². The minimum Gasteiger partial charge on any atom is -0.468 e. The fourth-order valence-corrected chi connectivity index (χ4v) is 2.08. The molecule has 0 spiro atoms. The minimum absolute atomic E-state index is 0.312. The number of carbonyl (C=O) groups is 2. The number of carbonyl (C=O) groups excluding carboxylic acids is 2. The van der Waals surface area contributed by atoms with Crippen molar-refractivity contribution in [3.8, 4) is 0 Å². The number of hydrogen-bond donors (Lipinski definition) is 0. The summed E-state index contributed by atoms with van der Waals surface area (Å²) in [4.78, 5) is 24.0. The molecule has 0 unspecified atom stereocenters. The van der Waals surface area contributed by atoms with Crippen LogP contribution in [0.1, 0.15) is 25.3 Å². The normalized spacial score (nSPS) is 12.7. The molecule has 1 rings (SSSR count). The van der Waals surface area contributed by atoms with E-state index in [0.717, 1.165) is 5.56 Å². The van der Waals surface area contributed by atoms with Crippen molar-refractivity contribution >= 4 is 11.9 Å². The number of benzene rings is 1. The molecule has 0 heterocycles. The lowest BCUT2D eigenvalue weighted by Gasteiger charge is -2.21. The molecule has 4 heteroatoms. The Morgan fingerprint density at radius 1 is 0.952 bits per heavy atom. The summed E-state index contributed by atoms with van der Waals surface area (Å²) in [6, 6.07) is 9.40. The standard InChI is InChI=1S/C17H22O4/c1-12(2)10-11-14(13-8-6-5-7-9-13)15(16(18)20-3)17(19)21-4/h5-12,14-15H,1-4H3/b11-10+/t14-/m1/s1. The van der Waals surface area contributed by atoms with Gasteiger partial charge in [-0.3, -0.25) is 9.59 Å². The van der Waals surface area contributed by atoms with Gasteiger partial charge in [-0.05, 0) is 11.5 Å². The van der Waals surface area contributed by atoms with E-state index in [9.17, 15) is 9.59 Å². The molecule has 0 N–H and O–H groups in total. The lowest BCUT2D eigenvalue weighted by molar-refractivity contribution is -0.159. The zero-order chi connectivity index (χ0) is 15.8. The lowest BCUT2D eigenvalue weighted by atomic mass is 9.85. The van der Waals surface area contributed by atoms with E-state index in [0.29, 0.717) is 5.92 Å². The van der Waals surface area contributed by atoms with Crippen molar-refractivity contribution in [2.75, 3.05) is 14.2 Å². The molecular weight excluding hydrogens is 268 g/mol. The van der Waals surface area contributed by atoms with E-state index in [1.165, 1.54) is 14.2 Å². The maximum atomic E-state index is 12.0. The topological polar surface area (TPSA) is 52.6 Å². The molecule has 0 aliphatic carbocycles. The van der Waals surface area contributed by atoms with E-state index in [-0.39, 0.29) is 0 Å². The second-order valence-corrected chi connectivity index (χ2v) is 5.09. The predicted octanol–water partition coefficient (Wildman–Crippen LogP) is 2.94. The van der Waals surface area contributed by atoms with Crippen LogP contribution in [0.25, 0.3) is 0 Å². The van der Waals surface area contributed by atoms with Gasteiger partial charge < -0.3 is 9.47 Å². The molecular formula is C17H22O4. The first-order chi connectivity index (χ1) is 10.0. The van der Waals surface area contributed by atoms with Crippen LogP contribution in [0.15, 0.2) is 42.5 Å². The molecule has 0 aliphatic heterocycles. The molecule has 0 aliphatic rings. The Bertz CT molecular complexity index is 475. The van der Waals surface area contributed by atoms with Crippen LogP contribution in [-0.2, 0) is 19.1 Å². The van der Waals surface area contributed by atoms with Crippen LogP contribution in [0, 0.1) is 11.8 Å². The fourth-order valence-electron chi connectivity index (χ4n) is 2.08. The van der Waals surface area contributed by atoms with Crippen LogP contribution in [0.3, 0.4) is 0 Å². The Kier molecular flexibility index (Phi) is 6.66. The van der Waals surface area contributed by atoms with E-state index in [1.807, 2.05) is 56.3 Å². The average Bonchev–Trinajstić information content (AvgIpc) is 2.50. The Morgan fingerprint density at radius 2 is 1.48 bits per heavy atom. The van der Waals surface area contributed by atoms with Gasteiger partial charge in [0.1, 0.15) is 0 Å². The molecule has 0 radical (unpaired) electrons. The van der Waals surface area contributed by atoms with Crippen molar-refractivity contribution in [2.24, 2.45) is 11.8 Å². The Labute approximate surface area is 125 Å². The number of methoxy groups -OCH3 is 2. The van der Waals surface area contributed by atoms with Crippen LogP contribution in [-0.4, -0.2) is 26.2 Å². The first-order valence-corrected chi connectivity index (χ1v) is 6.90. The third kappa shape index (κ3) is 4.74. The second-order valence-electron chi connectivity index (χ2n) is 5.09. The zero-order valence-electron chi connectivity index (χ0n) is 12.9. The monoisotopic (exact) mass is 290 g/mol. The largest absolute Gasteiger partial charge is 0.468 e. The summed E-state index contributed by atoms with van der Waals surface area (Å²) in [6.45, 7) is 4.06. The summed E-state index contributed by atoms with van der Waals surface area (Å²) in [7, 11) is 2.54. The van der Waals surface area contributed by atoms with Gasteiger partial charge >= 0.3 is 11.9 Å². The van der Waals surface area contributed by atoms with E-state index in [4.69, 9.17) is 9.47 Å². The maximum absolute atomic E-state index is 12.0. The first kappa shape index (κ1) is 17.0. The molecule has 0 bridgehead atoms. The van der Waals surface area contributed by atoms with Gasteiger partial charge in [0.2, 0.25) is 0 Å². The first-order valence-electron chi connectivity index (χ1n) is 6.90. The molecule has 1 aromatic rings. The third-order valence-electron chi connectivity index (χ3n) is 3.16. The molecule has 0 aromatic heterocycles. The zero-order valence-corrected chi connectivity index (χ0v) is 12.9. The van der Waals surface area contributed by atoms with Crippen molar-refractivity contribution in [3.05, 3.63) is 48.0 Å². The number of hydrogen-bond acceptors (Lipinski definition) is 4. The molecule has 0 saturated heterocycles. The van der Waals surface area contributed by atoms with Gasteiger partial charge in [-0.2, -0.15) is 0 Å². The van der Waals surface area contributed by atoms with Gasteiger partial charge in [0, 0.05) is 5.92 Å².